The first-order chi connectivity index (χ1) is 8.16. The van der Waals surface area contributed by atoms with Crippen molar-refractivity contribution in [2.24, 2.45) is 0 Å². The van der Waals surface area contributed by atoms with Crippen LogP contribution in [0.15, 0.2) is 38.5 Å². The van der Waals surface area contributed by atoms with E-state index in [0.29, 0.717) is 11.3 Å². The second-order valence-electron chi connectivity index (χ2n) is 3.21. The van der Waals surface area contributed by atoms with Crippen LogP contribution >= 0.6 is 39.0 Å². The maximum atomic E-state index is 11.1. The molecule has 1 heterocycles. The van der Waals surface area contributed by atoms with Gasteiger partial charge in [-0.2, -0.15) is 0 Å². The van der Waals surface area contributed by atoms with E-state index in [2.05, 4.69) is 20.9 Å². The molecule has 1 aromatic heterocycles. The Balaban J connectivity index is 2.19. The minimum Gasteiger partial charge on any atom is -0.478 e. The van der Waals surface area contributed by atoms with Gasteiger partial charge in [0.25, 0.3) is 0 Å². The number of hydrogen-bond acceptors (Lipinski definition) is 4. The number of nitrogens with zero attached hydrogens (tertiary/aromatic N) is 1. The summed E-state index contributed by atoms with van der Waals surface area (Å²) in [6.07, 6.45) is 0. The standard InChI is InChI=1S/C11H8BrNO2S2/c12-7-1-2-9(11(14)15)10(3-7)17-5-8-4-16-6-13-8/h1-4,6H,5H2,(H,14,15). The molecule has 0 spiro atoms. The van der Waals surface area contributed by atoms with Crippen LogP contribution in [-0.2, 0) is 5.75 Å². The number of benzene rings is 1. The van der Waals surface area contributed by atoms with Crippen LogP contribution in [0.5, 0.6) is 0 Å². The predicted molar refractivity (Wildman–Crippen MR) is 72.8 cm³/mol. The number of hydrogen-bond donors (Lipinski definition) is 1. The molecule has 1 N–H and O–H groups in total. The van der Waals surface area contributed by atoms with Gasteiger partial charge in [0.2, 0.25) is 0 Å². The van der Waals surface area contributed by atoms with Crippen molar-refractivity contribution in [1.82, 2.24) is 4.98 Å². The summed E-state index contributed by atoms with van der Waals surface area (Å²) in [5.41, 5.74) is 3.07. The lowest BCUT2D eigenvalue weighted by Gasteiger charge is -2.05. The minimum absolute atomic E-state index is 0.327. The number of halogens is 1. The summed E-state index contributed by atoms with van der Waals surface area (Å²) in [7, 11) is 0. The minimum atomic E-state index is -0.904. The lowest BCUT2D eigenvalue weighted by Crippen LogP contribution is -1.98. The van der Waals surface area contributed by atoms with Crippen molar-refractivity contribution in [3.05, 3.63) is 44.8 Å². The van der Waals surface area contributed by atoms with Gasteiger partial charge < -0.3 is 5.11 Å². The van der Waals surface area contributed by atoms with Gasteiger partial charge in [0, 0.05) is 20.5 Å². The third-order valence-electron chi connectivity index (χ3n) is 2.03. The fourth-order valence-corrected chi connectivity index (χ4v) is 3.41. The SMILES string of the molecule is O=C(O)c1ccc(Br)cc1SCc1cscn1. The largest absolute Gasteiger partial charge is 0.478 e. The van der Waals surface area contributed by atoms with E-state index in [-0.39, 0.29) is 0 Å². The van der Waals surface area contributed by atoms with Crippen molar-refractivity contribution in [1.29, 1.82) is 0 Å². The molecule has 0 aliphatic heterocycles. The van der Waals surface area contributed by atoms with Gasteiger partial charge in [-0.3, -0.25) is 0 Å². The molecule has 6 heteroatoms. The van der Waals surface area contributed by atoms with Crippen LogP contribution in [0.25, 0.3) is 0 Å². The van der Waals surface area contributed by atoms with Gasteiger partial charge in [0.1, 0.15) is 0 Å². The van der Waals surface area contributed by atoms with Gasteiger partial charge in [-0.25, -0.2) is 9.78 Å². The van der Waals surface area contributed by atoms with Crippen molar-refractivity contribution < 1.29 is 9.90 Å². The average Bonchev–Trinajstić information content (AvgIpc) is 2.78. The highest BCUT2D eigenvalue weighted by molar-refractivity contribution is 9.10. The molecule has 3 nitrogen and oxygen atoms in total. The molecule has 2 rings (SSSR count). The molecule has 0 radical (unpaired) electrons. The Kier molecular flexibility index (Phi) is 4.20. The first-order valence-electron chi connectivity index (χ1n) is 4.69. The van der Waals surface area contributed by atoms with Gasteiger partial charge in [-0.15, -0.1) is 23.1 Å². The number of rotatable bonds is 4. The Bertz CT molecular complexity index is 528. The molecule has 0 unspecified atom stereocenters. The first-order valence-corrected chi connectivity index (χ1v) is 7.41. The summed E-state index contributed by atoms with van der Waals surface area (Å²) in [6.45, 7) is 0. The summed E-state index contributed by atoms with van der Waals surface area (Å²) < 4.78 is 0.878. The zero-order valence-electron chi connectivity index (χ0n) is 8.59. The number of thiazole rings is 1. The second kappa shape index (κ2) is 5.66. The van der Waals surface area contributed by atoms with Crippen LogP contribution < -0.4 is 0 Å². The molecule has 0 saturated carbocycles. The van der Waals surface area contributed by atoms with E-state index in [1.807, 2.05) is 11.4 Å². The zero-order valence-corrected chi connectivity index (χ0v) is 11.8. The quantitative estimate of drug-likeness (QED) is 0.864. The number of carbonyl (C=O) groups is 1. The molecule has 0 fully saturated rings. The van der Waals surface area contributed by atoms with E-state index in [0.717, 1.165) is 15.1 Å². The van der Waals surface area contributed by atoms with E-state index >= 15 is 0 Å². The molecule has 0 bridgehead atoms. The van der Waals surface area contributed by atoms with Gasteiger partial charge in [0.05, 0.1) is 16.8 Å². The van der Waals surface area contributed by atoms with Crippen LogP contribution in [-0.4, -0.2) is 16.1 Å². The Morgan fingerprint density at radius 3 is 3.00 bits per heavy atom. The topological polar surface area (TPSA) is 50.2 Å². The van der Waals surface area contributed by atoms with E-state index in [4.69, 9.17) is 5.11 Å². The fourth-order valence-electron chi connectivity index (χ4n) is 1.25. The highest BCUT2D eigenvalue weighted by atomic mass is 79.9. The van der Waals surface area contributed by atoms with E-state index in [9.17, 15) is 4.79 Å². The Morgan fingerprint density at radius 2 is 2.35 bits per heavy atom. The molecule has 1 aromatic carbocycles. The third-order valence-corrected chi connectivity index (χ3v) is 4.25. The molecule has 0 amide bonds. The number of aromatic nitrogens is 1. The van der Waals surface area contributed by atoms with Crippen molar-refractivity contribution in [3.8, 4) is 0 Å². The second-order valence-corrected chi connectivity index (χ2v) is 5.87. The molecule has 0 aliphatic rings. The molecule has 0 aliphatic carbocycles. The summed E-state index contributed by atoms with van der Waals surface area (Å²) >= 11 is 6.36. The summed E-state index contributed by atoms with van der Waals surface area (Å²) in [6, 6.07) is 5.16. The lowest BCUT2D eigenvalue weighted by molar-refractivity contribution is 0.0693. The molecular formula is C11H8BrNO2S2. The van der Waals surface area contributed by atoms with Crippen LogP contribution in [0.4, 0.5) is 0 Å². The van der Waals surface area contributed by atoms with Gasteiger partial charge in [-0.05, 0) is 18.2 Å². The van der Waals surface area contributed by atoms with E-state index < -0.39 is 5.97 Å². The van der Waals surface area contributed by atoms with Crippen molar-refractivity contribution in [3.63, 3.8) is 0 Å². The monoisotopic (exact) mass is 329 g/mol. The maximum Gasteiger partial charge on any atom is 0.336 e. The summed E-state index contributed by atoms with van der Waals surface area (Å²) in [5.74, 6) is -0.224. The third kappa shape index (κ3) is 3.31. The van der Waals surface area contributed by atoms with Gasteiger partial charge in [-0.1, -0.05) is 15.9 Å². The molecule has 2 aromatic rings. The first kappa shape index (κ1) is 12.6. The highest BCUT2D eigenvalue weighted by Gasteiger charge is 2.11. The number of thioether (sulfide) groups is 1. The predicted octanol–water partition coefficient (Wildman–Crippen LogP) is 3.90. The van der Waals surface area contributed by atoms with Gasteiger partial charge in [0.15, 0.2) is 0 Å². The summed E-state index contributed by atoms with van der Waals surface area (Å²) in [4.78, 5) is 16.0. The van der Waals surface area contributed by atoms with Crippen LogP contribution in [0.1, 0.15) is 16.1 Å². The van der Waals surface area contributed by atoms with Crippen molar-refractivity contribution >= 4 is 45.0 Å². The zero-order chi connectivity index (χ0) is 12.3. The van der Waals surface area contributed by atoms with Crippen molar-refractivity contribution in [2.45, 2.75) is 10.6 Å². The molecular weight excluding hydrogens is 322 g/mol. The molecule has 0 atom stereocenters. The van der Waals surface area contributed by atoms with Crippen LogP contribution in [0.3, 0.4) is 0 Å². The number of aromatic carboxylic acids is 1. The normalized spacial score (nSPS) is 10.4. The average molecular weight is 330 g/mol. The molecule has 0 saturated heterocycles. The lowest BCUT2D eigenvalue weighted by atomic mass is 10.2. The fraction of sp³-hybridized carbons (Fsp3) is 0.0909. The van der Waals surface area contributed by atoms with E-state index in [1.165, 1.54) is 23.1 Å². The van der Waals surface area contributed by atoms with Crippen LogP contribution in [0.2, 0.25) is 0 Å². The Labute approximate surface area is 115 Å². The Morgan fingerprint density at radius 1 is 1.53 bits per heavy atom. The van der Waals surface area contributed by atoms with Crippen molar-refractivity contribution in [2.75, 3.05) is 0 Å². The van der Waals surface area contributed by atoms with Gasteiger partial charge >= 0.3 is 5.97 Å². The number of carboxylic acid groups (broad SMARTS) is 1. The summed E-state index contributed by atoms with van der Waals surface area (Å²) in [5, 5.41) is 11.0. The smallest absolute Gasteiger partial charge is 0.336 e. The van der Waals surface area contributed by atoms with Crippen LogP contribution in [0, 0.1) is 0 Å². The Hall–Kier alpha value is -0.850. The molecule has 88 valence electrons. The van der Waals surface area contributed by atoms with E-state index in [1.54, 1.807) is 17.6 Å². The highest BCUT2D eigenvalue weighted by Crippen LogP contribution is 2.29. The molecule has 17 heavy (non-hydrogen) atoms. The maximum absolute atomic E-state index is 11.1. The number of carboxylic acids is 1.